The van der Waals surface area contributed by atoms with Gasteiger partial charge in [0.25, 0.3) is 0 Å². The minimum absolute atomic E-state index is 0.693. The summed E-state index contributed by atoms with van der Waals surface area (Å²) in [6, 6.07) is 5.75. The SMILES string of the molecule is C=C/C=N\c1cc(C)ccc1N. The van der Waals surface area contributed by atoms with E-state index in [-0.39, 0.29) is 0 Å². The average molecular weight is 160 g/mol. The molecule has 0 spiro atoms. The molecule has 0 amide bonds. The zero-order valence-electron chi connectivity index (χ0n) is 7.12. The van der Waals surface area contributed by atoms with Gasteiger partial charge in [-0.05, 0) is 24.6 Å². The van der Waals surface area contributed by atoms with Gasteiger partial charge in [-0.1, -0.05) is 18.7 Å². The van der Waals surface area contributed by atoms with E-state index in [1.807, 2.05) is 25.1 Å². The van der Waals surface area contributed by atoms with Crippen molar-refractivity contribution >= 4 is 17.6 Å². The van der Waals surface area contributed by atoms with Crippen molar-refractivity contribution in [1.29, 1.82) is 0 Å². The fourth-order valence-electron chi connectivity index (χ4n) is 0.899. The number of benzene rings is 1. The zero-order valence-corrected chi connectivity index (χ0v) is 7.12. The van der Waals surface area contributed by atoms with Crippen molar-refractivity contribution in [2.75, 3.05) is 5.73 Å². The highest BCUT2D eigenvalue weighted by Gasteiger charge is 1.94. The Morgan fingerprint density at radius 3 is 2.92 bits per heavy atom. The maximum atomic E-state index is 5.68. The van der Waals surface area contributed by atoms with Gasteiger partial charge in [-0.3, -0.25) is 4.99 Å². The highest BCUT2D eigenvalue weighted by atomic mass is 14.8. The third-order valence-electron chi connectivity index (χ3n) is 1.50. The van der Waals surface area contributed by atoms with Crippen LogP contribution in [0.15, 0.2) is 35.8 Å². The van der Waals surface area contributed by atoms with Gasteiger partial charge in [0.2, 0.25) is 0 Å². The lowest BCUT2D eigenvalue weighted by Gasteiger charge is -1.99. The second kappa shape index (κ2) is 3.72. The van der Waals surface area contributed by atoms with E-state index in [0.29, 0.717) is 5.69 Å². The van der Waals surface area contributed by atoms with Gasteiger partial charge in [0, 0.05) is 6.21 Å². The fourth-order valence-corrected chi connectivity index (χ4v) is 0.899. The minimum atomic E-state index is 0.693. The molecule has 0 saturated carbocycles. The van der Waals surface area contributed by atoms with Gasteiger partial charge in [0.15, 0.2) is 0 Å². The molecule has 0 unspecified atom stereocenters. The number of allylic oxidation sites excluding steroid dienone is 1. The Morgan fingerprint density at radius 2 is 2.25 bits per heavy atom. The van der Waals surface area contributed by atoms with Crippen molar-refractivity contribution in [1.82, 2.24) is 0 Å². The molecule has 0 heterocycles. The molecule has 0 aliphatic carbocycles. The largest absolute Gasteiger partial charge is 0.397 e. The third-order valence-corrected chi connectivity index (χ3v) is 1.50. The summed E-state index contributed by atoms with van der Waals surface area (Å²) in [5.41, 5.74) is 8.33. The van der Waals surface area contributed by atoms with Crippen molar-refractivity contribution in [3.8, 4) is 0 Å². The van der Waals surface area contributed by atoms with Crippen molar-refractivity contribution in [3.63, 3.8) is 0 Å². The van der Waals surface area contributed by atoms with Gasteiger partial charge in [-0.2, -0.15) is 0 Å². The summed E-state index contributed by atoms with van der Waals surface area (Å²) >= 11 is 0. The zero-order chi connectivity index (χ0) is 8.97. The molecule has 0 fully saturated rings. The highest BCUT2D eigenvalue weighted by molar-refractivity contribution is 5.77. The molecule has 1 aromatic carbocycles. The van der Waals surface area contributed by atoms with Gasteiger partial charge < -0.3 is 5.73 Å². The van der Waals surface area contributed by atoms with Gasteiger partial charge in [-0.25, -0.2) is 0 Å². The number of nitrogen functional groups attached to an aromatic ring is 1. The van der Waals surface area contributed by atoms with Crippen molar-refractivity contribution in [3.05, 3.63) is 36.4 Å². The molecule has 0 bridgehead atoms. The van der Waals surface area contributed by atoms with Crippen molar-refractivity contribution in [2.45, 2.75) is 6.92 Å². The summed E-state index contributed by atoms with van der Waals surface area (Å²) in [6.45, 7) is 5.54. The monoisotopic (exact) mass is 160 g/mol. The van der Waals surface area contributed by atoms with Crippen LogP contribution in [-0.4, -0.2) is 6.21 Å². The van der Waals surface area contributed by atoms with Crippen LogP contribution < -0.4 is 5.73 Å². The maximum Gasteiger partial charge on any atom is 0.0861 e. The first-order valence-electron chi connectivity index (χ1n) is 3.75. The molecule has 0 atom stereocenters. The minimum Gasteiger partial charge on any atom is -0.397 e. The Labute approximate surface area is 72.4 Å². The first-order valence-corrected chi connectivity index (χ1v) is 3.75. The summed E-state index contributed by atoms with van der Waals surface area (Å²) in [5.74, 6) is 0. The summed E-state index contributed by atoms with van der Waals surface area (Å²) in [5, 5.41) is 0. The van der Waals surface area contributed by atoms with E-state index in [9.17, 15) is 0 Å². The molecule has 0 radical (unpaired) electrons. The lowest BCUT2D eigenvalue weighted by molar-refractivity contribution is 1.43. The molecule has 2 heteroatoms. The molecule has 0 saturated heterocycles. The molecular weight excluding hydrogens is 148 g/mol. The second-order valence-electron chi connectivity index (χ2n) is 2.58. The average Bonchev–Trinajstić information content (AvgIpc) is 2.07. The Morgan fingerprint density at radius 1 is 1.50 bits per heavy atom. The standard InChI is InChI=1S/C10H12N2/c1-3-6-12-10-7-8(2)4-5-9(10)11/h3-7H,1,11H2,2H3/b12-6-. The lowest BCUT2D eigenvalue weighted by atomic mass is 10.2. The predicted octanol–water partition coefficient (Wildman–Crippen LogP) is 2.47. The van der Waals surface area contributed by atoms with Crippen LogP contribution in [0.1, 0.15) is 5.56 Å². The number of aryl methyl sites for hydroxylation is 1. The molecular formula is C10H12N2. The van der Waals surface area contributed by atoms with Gasteiger partial charge in [-0.15, -0.1) is 0 Å². The normalized spacial score (nSPS) is 10.4. The van der Waals surface area contributed by atoms with Crippen molar-refractivity contribution < 1.29 is 0 Å². The molecule has 0 aliphatic heterocycles. The number of nitrogens with two attached hydrogens (primary N) is 1. The summed E-state index contributed by atoms with van der Waals surface area (Å²) in [4.78, 5) is 4.12. The van der Waals surface area contributed by atoms with E-state index in [1.165, 1.54) is 0 Å². The van der Waals surface area contributed by atoms with Crippen LogP contribution in [-0.2, 0) is 0 Å². The maximum absolute atomic E-state index is 5.68. The summed E-state index contributed by atoms with van der Waals surface area (Å²) in [7, 11) is 0. The van der Waals surface area contributed by atoms with Gasteiger partial charge in [0.05, 0.1) is 11.4 Å². The van der Waals surface area contributed by atoms with Crippen LogP contribution in [0, 0.1) is 6.92 Å². The van der Waals surface area contributed by atoms with E-state index < -0.39 is 0 Å². The van der Waals surface area contributed by atoms with Gasteiger partial charge in [0.1, 0.15) is 0 Å². The van der Waals surface area contributed by atoms with Crippen LogP contribution >= 0.6 is 0 Å². The van der Waals surface area contributed by atoms with Gasteiger partial charge >= 0.3 is 0 Å². The van der Waals surface area contributed by atoms with Crippen LogP contribution in [0.4, 0.5) is 11.4 Å². The summed E-state index contributed by atoms with van der Waals surface area (Å²) in [6.07, 6.45) is 3.26. The molecule has 0 aromatic heterocycles. The summed E-state index contributed by atoms with van der Waals surface area (Å²) < 4.78 is 0. The van der Waals surface area contributed by atoms with E-state index in [2.05, 4.69) is 11.6 Å². The fraction of sp³-hybridized carbons (Fsp3) is 0.100. The number of anilines is 1. The first kappa shape index (κ1) is 8.53. The van der Waals surface area contributed by atoms with Crippen LogP contribution in [0.3, 0.4) is 0 Å². The number of rotatable bonds is 2. The van der Waals surface area contributed by atoms with Crippen LogP contribution in [0.5, 0.6) is 0 Å². The molecule has 0 aliphatic rings. The topological polar surface area (TPSA) is 38.4 Å². The first-order chi connectivity index (χ1) is 5.74. The molecule has 1 aromatic rings. The molecule has 1 rings (SSSR count). The van der Waals surface area contributed by atoms with E-state index in [0.717, 1.165) is 11.3 Å². The van der Waals surface area contributed by atoms with E-state index in [4.69, 9.17) is 5.73 Å². The van der Waals surface area contributed by atoms with Crippen LogP contribution in [0.2, 0.25) is 0 Å². The number of hydrogen-bond acceptors (Lipinski definition) is 2. The Kier molecular flexibility index (Phi) is 2.64. The molecule has 12 heavy (non-hydrogen) atoms. The molecule has 2 N–H and O–H groups in total. The quantitative estimate of drug-likeness (QED) is 0.523. The highest BCUT2D eigenvalue weighted by Crippen LogP contribution is 2.22. The number of aliphatic imine (C=N–C) groups is 1. The van der Waals surface area contributed by atoms with E-state index in [1.54, 1.807) is 12.3 Å². The predicted molar refractivity (Wildman–Crippen MR) is 53.9 cm³/mol. The smallest absolute Gasteiger partial charge is 0.0861 e. The number of hydrogen-bond donors (Lipinski definition) is 1. The Balaban J connectivity index is 3.04. The molecule has 62 valence electrons. The second-order valence-corrected chi connectivity index (χ2v) is 2.58. The van der Waals surface area contributed by atoms with Crippen molar-refractivity contribution in [2.24, 2.45) is 4.99 Å². The molecule has 2 nitrogen and oxygen atoms in total. The Bertz CT molecular complexity index is 314. The van der Waals surface area contributed by atoms with Crippen LogP contribution in [0.25, 0.3) is 0 Å². The lowest BCUT2D eigenvalue weighted by Crippen LogP contribution is -1.85. The number of nitrogens with zero attached hydrogens (tertiary/aromatic N) is 1. The Hall–Kier alpha value is -1.57. The van der Waals surface area contributed by atoms with E-state index >= 15 is 0 Å². The third kappa shape index (κ3) is 1.95.